The number of esters is 1. The number of nitrogens with zero attached hydrogens (tertiary/aromatic N) is 2. The highest BCUT2D eigenvalue weighted by Crippen LogP contribution is 2.32. The number of carbonyl (C=O) groups is 2. The molecule has 0 saturated carbocycles. The van der Waals surface area contributed by atoms with Gasteiger partial charge in [-0.1, -0.05) is 0 Å². The predicted molar refractivity (Wildman–Crippen MR) is 88.9 cm³/mol. The fourth-order valence-electron chi connectivity index (χ4n) is 1.80. The third-order valence-corrected chi connectivity index (χ3v) is 3.90. The van der Waals surface area contributed by atoms with Gasteiger partial charge in [-0.2, -0.15) is 18.3 Å². The van der Waals surface area contributed by atoms with E-state index in [1.165, 1.54) is 20.3 Å². The third kappa shape index (κ3) is 4.85. The van der Waals surface area contributed by atoms with Crippen LogP contribution in [0.1, 0.15) is 11.1 Å². The molecule has 11 heteroatoms. The van der Waals surface area contributed by atoms with E-state index in [4.69, 9.17) is 4.74 Å². The third-order valence-electron chi connectivity index (χ3n) is 3.00. The Morgan fingerprint density at radius 3 is 2.65 bits per heavy atom. The molecular formula is C15H12F3N3O4S. The summed E-state index contributed by atoms with van der Waals surface area (Å²) in [7, 11) is 2.47. The van der Waals surface area contributed by atoms with Crippen LogP contribution in [0, 0.1) is 0 Å². The topological polar surface area (TPSA) is 89.3 Å². The molecule has 0 aromatic heterocycles. The summed E-state index contributed by atoms with van der Waals surface area (Å²) < 4.78 is 47.7. The maximum atomic E-state index is 12.8. The first-order valence-electron chi connectivity index (χ1n) is 6.89. The summed E-state index contributed by atoms with van der Waals surface area (Å²) in [6, 6.07) is 2.92. The molecule has 1 saturated heterocycles. The molecule has 138 valence electrons. The maximum Gasteiger partial charge on any atom is 0.416 e. The minimum absolute atomic E-state index is 0.0578. The quantitative estimate of drug-likeness (QED) is 0.371. The summed E-state index contributed by atoms with van der Waals surface area (Å²) in [5, 5.41) is 9.79. The molecule has 1 amide bonds. The van der Waals surface area contributed by atoms with Crippen molar-refractivity contribution >= 4 is 35.0 Å². The summed E-state index contributed by atoms with van der Waals surface area (Å²) in [6.07, 6.45) is -2.46. The lowest BCUT2D eigenvalue weighted by atomic mass is 10.1. The highest BCUT2D eigenvalue weighted by molar-refractivity contribution is 8.18. The number of hydrogen-bond acceptors (Lipinski definition) is 7. The monoisotopic (exact) mass is 387 g/mol. The molecule has 0 radical (unpaired) electrons. The molecule has 0 spiro atoms. The molecule has 0 unspecified atom stereocenters. The molecular weight excluding hydrogens is 375 g/mol. The fourth-order valence-corrected chi connectivity index (χ4v) is 2.54. The zero-order chi connectivity index (χ0) is 19.3. The Morgan fingerprint density at radius 1 is 1.31 bits per heavy atom. The Bertz CT molecular complexity index is 819. The molecule has 1 heterocycles. The fraction of sp³-hybridized carbons (Fsp3) is 0.200. The number of halogens is 3. The van der Waals surface area contributed by atoms with Gasteiger partial charge < -0.3 is 9.47 Å². The van der Waals surface area contributed by atoms with Crippen LogP contribution in [0.2, 0.25) is 0 Å². The number of amides is 1. The number of benzene rings is 1. The number of methoxy groups -OCH3 is 2. The standard InChI is InChI=1S/C15H12F3N3O4S/c1-24-10-4-3-9(15(16,17)18)5-8(10)7-19-21-14-20-13(23)11(26-14)6-12(22)25-2/h3-7H,1-2H3,(H,20,21,23)/b11-6+,19-7?. The minimum atomic E-state index is -4.51. The van der Waals surface area contributed by atoms with E-state index in [9.17, 15) is 22.8 Å². The van der Waals surface area contributed by atoms with Crippen molar-refractivity contribution in [2.24, 2.45) is 10.2 Å². The second-order valence-electron chi connectivity index (χ2n) is 4.69. The van der Waals surface area contributed by atoms with E-state index < -0.39 is 23.6 Å². The number of nitrogens with one attached hydrogen (secondary N) is 1. The minimum Gasteiger partial charge on any atom is -0.496 e. The molecule has 1 N–H and O–H groups in total. The number of rotatable bonds is 4. The van der Waals surface area contributed by atoms with E-state index in [1.54, 1.807) is 0 Å². The van der Waals surface area contributed by atoms with Gasteiger partial charge in [0.2, 0.25) is 0 Å². The van der Waals surface area contributed by atoms with E-state index in [1.807, 2.05) is 0 Å². The maximum absolute atomic E-state index is 12.8. The molecule has 0 bridgehead atoms. The van der Waals surface area contributed by atoms with Crippen molar-refractivity contribution in [3.05, 3.63) is 40.3 Å². The van der Waals surface area contributed by atoms with E-state index in [-0.39, 0.29) is 21.4 Å². The van der Waals surface area contributed by atoms with Gasteiger partial charge in [-0.05, 0) is 30.0 Å². The van der Waals surface area contributed by atoms with Crippen molar-refractivity contribution in [2.45, 2.75) is 6.18 Å². The van der Waals surface area contributed by atoms with Gasteiger partial charge in [0, 0.05) is 11.6 Å². The zero-order valence-corrected chi connectivity index (χ0v) is 14.3. The van der Waals surface area contributed by atoms with Gasteiger partial charge in [-0.25, -0.2) is 4.79 Å². The van der Waals surface area contributed by atoms with Gasteiger partial charge in [0.05, 0.1) is 30.9 Å². The number of amidine groups is 1. The zero-order valence-electron chi connectivity index (χ0n) is 13.5. The van der Waals surface area contributed by atoms with Crippen LogP contribution in [0.15, 0.2) is 39.4 Å². The highest BCUT2D eigenvalue weighted by Gasteiger charge is 2.31. The van der Waals surface area contributed by atoms with Crippen LogP contribution in [0.25, 0.3) is 0 Å². The van der Waals surface area contributed by atoms with E-state index >= 15 is 0 Å². The van der Waals surface area contributed by atoms with Crippen molar-refractivity contribution in [1.82, 2.24) is 5.32 Å². The predicted octanol–water partition coefficient (Wildman–Crippen LogP) is 2.32. The van der Waals surface area contributed by atoms with Crippen molar-refractivity contribution in [2.75, 3.05) is 14.2 Å². The number of thioether (sulfide) groups is 1. The molecule has 2 rings (SSSR count). The van der Waals surface area contributed by atoms with E-state index in [0.717, 1.165) is 36.2 Å². The van der Waals surface area contributed by atoms with Crippen LogP contribution in [0.3, 0.4) is 0 Å². The molecule has 1 aliphatic heterocycles. The van der Waals surface area contributed by atoms with Crippen molar-refractivity contribution in [3.63, 3.8) is 0 Å². The highest BCUT2D eigenvalue weighted by atomic mass is 32.2. The Hall–Kier alpha value is -2.82. The summed E-state index contributed by atoms with van der Waals surface area (Å²) in [5.41, 5.74) is -0.800. The largest absolute Gasteiger partial charge is 0.496 e. The first-order valence-corrected chi connectivity index (χ1v) is 7.71. The molecule has 0 aliphatic carbocycles. The Kier molecular flexibility index (Phi) is 6.03. The van der Waals surface area contributed by atoms with Gasteiger partial charge in [-0.3, -0.25) is 10.1 Å². The lowest BCUT2D eigenvalue weighted by Gasteiger charge is -2.09. The van der Waals surface area contributed by atoms with Gasteiger partial charge in [0.1, 0.15) is 5.75 Å². The molecule has 0 atom stereocenters. The Morgan fingerprint density at radius 2 is 2.04 bits per heavy atom. The van der Waals surface area contributed by atoms with Crippen LogP contribution in [-0.2, 0) is 20.5 Å². The lowest BCUT2D eigenvalue weighted by Crippen LogP contribution is -2.19. The molecule has 7 nitrogen and oxygen atoms in total. The first-order chi connectivity index (χ1) is 12.2. The van der Waals surface area contributed by atoms with Crippen molar-refractivity contribution < 1.29 is 32.2 Å². The normalized spacial score (nSPS) is 17.8. The number of hydrogen-bond donors (Lipinski definition) is 1. The Balaban J connectivity index is 2.20. The first kappa shape index (κ1) is 19.5. The van der Waals surface area contributed by atoms with Crippen molar-refractivity contribution in [1.29, 1.82) is 0 Å². The van der Waals surface area contributed by atoms with Crippen LogP contribution in [-0.4, -0.2) is 37.5 Å². The van der Waals surface area contributed by atoms with Crippen LogP contribution in [0.5, 0.6) is 5.75 Å². The average Bonchev–Trinajstić information content (AvgIpc) is 2.93. The number of alkyl halides is 3. The average molecular weight is 387 g/mol. The summed E-state index contributed by atoms with van der Waals surface area (Å²) in [4.78, 5) is 22.8. The number of carbonyl (C=O) groups excluding carboxylic acids is 2. The second kappa shape index (κ2) is 8.04. The molecule has 26 heavy (non-hydrogen) atoms. The van der Waals surface area contributed by atoms with Crippen LogP contribution in [0.4, 0.5) is 13.2 Å². The van der Waals surface area contributed by atoms with Crippen molar-refractivity contribution in [3.8, 4) is 5.75 Å². The molecule has 1 aromatic rings. The van der Waals surface area contributed by atoms with Crippen LogP contribution >= 0.6 is 11.8 Å². The van der Waals surface area contributed by atoms with Gasteiger partial charge >= 0.3 is 12.1 Å². The van der Waals surface area contributed by atoms with E-state index in [2.05, 4.69) is 20.3 Å². The number of ether oxygens (including phenoxy) is 2. The molecule has 1 fully saturated rings. The Labute approximate surface area is 150 Å². The molecule has 1 aromatic carbocycles. The lowest BCUT2D eigenvalue weighted by molar-refractivity contribution is -0.137. The smallest absolute Gasteiger partial charge is 0.416 e. The van der Waals surface area contributed by atoms with Gasteiger partial charge in [-0.15, -0.1) is 5.10 Å². The summed E-state index contributed by atoms with van der Waals surface area (Å²) in [6.45, 7) is 0. The van der Waals surface area contributed by atoms with Crippen LogP contribution < -0.4 is 10.1 Å². The molecule has 1 aliphatic rings. The summed E-state index contributed by atoms with van der Waals surface area (Å²) in [5.74, 6) is -1.09. The van der Waals surface area contributed by atoms with E-state index in [0.29, 0.717) is 0 Å². The second-order valence-corrected chi connectivity index (χ2v) is 5.72. The summed E-state index contributed by atoms with van der Waals surface area (Å²) >= 11 is 0.840. The van der Waals surface area contributed by atoms with Gasteiger partial charge in [0.15, 0.2) is 5.17 Å². The van der Waals surface area contributed by atoms with Gasteiger partial charge in [0.25, 0.3) is 5.91 Å². The SMILES string of the molecule is COC(=O)/C=C1/S/C(=N\N=Cc2cc(C(F)(F)F)ccc2OC)NC1=O.